The SMILES string of the molecule is CCCCCCCCCCCCCCCC/C=C\CCCCCCCCCCCCCCCCCCC(O)C(=O)NC(COC1OC(CO)C(O)C(O)C1O)C(O)CCCCCCCCCCCCCCCC. The molecule has 0 bridgehead atoms. The maximum absolute atomic E-state index is 13.2. The Morgan fingerprint density at radius 2 is 0.767 bits per heavy atom. The summed E-state index contributed by atoms with van der Waals surface area (Å²) in [6.45, 7) is 3.71. The Morgan fingerprint density at radius 1 is 0.452 bits per heavy atom. The van der Waals surface area contributed by atoms with Crippen LogP contribution in [0.25, 0.3) is 0 Å². The van der Waals surface area contributed by atoms with Crippen LogP contribution in [0, 0.1) is 0 Å². The van der Waals surface area contributed by atoms with Crippen molar-refractivity contribution in [1.29, 1.82) is 0 Å². The van der Waals surface area contributed by atoms with E-state index in [1.165, 1.54) is 250 Å². The smallest absolute Gasteiger partial charge is 0.249 e. The summed E-state index contributed by atoms with van der Waals surface area (Å²) >= 11 is 0. The van der Waals surface area contributed by atoms with Gasteiger partial charge in [-0.05, 0) is 38.5 Å². The van der Waals surface area contributed by atoms with Crippen molar-refractivity contribution in [3.8, 4) is 0 Å². The molecule has 0 aromatic carbocycles. The van der Waals surface area contributed by atoms with Crippen LogP contribution in [0.3, 0.4) is 0 Å². The Balaban J connectivity index is 2.10. The van der Waals surface area contributed by atoms with Crippen LogP contribution in [0.4, 0.5) is 0 Å². The summed E-state index contributed by atoms with van der Waals surface area (Å²) in [7, 11) is 0. The van der Waals surface area contributed by atoms with E-state index in [2.05, 4.69) is 31.3 Å². The highest BCUT2D eigenvalue weighted by molar-refractivity contribution is 5.80. The standard InChI is InChI=1S/C63H123NO9/c1-3-5-7-9-11-13-15-17-19-20-21-22-23-24-25-26-27-28-29-30-31-32-33-34-35-36-37-38-40-42-44-46-48-50-52-57(67)62(71)64-55(54-72-63-61(70)60(69)59(68)58(53-65)73-63)56(66)51-49-47-45-43-41-39-18-16-14-12-10-8-6-4-2/h26-27,55-61,63,65-70H,3-25,28-54H2,1-2H3,(H,64,71)/b27-26-. The lowest BCUT2D eigenvalue weighted by molar-refractivity contribution is -0.302. The van der Waals surface area contributed by atoms with Gasteiger partial charge in [-0.15, -0.1) is 0 Å². The Labute approximate surface area is 450 Å². The van der Waals surface area contributed by atoms with Crippen LogP contribution in [0.1, 0.15) is 322 Å². The van der Waals surface area contributed by atoms with E-state index in [9.17, 15) is 35.4 Å². The number of unbranched alkanes of at least 4 members (excludes halogenated alkanes) is 43. The first-order chi connectivity index (χ1) is 35.8. The minimum Gasteiger partial charge on any atom is -0.394 e. The molecule has 10 nitrogen and oxygen atoms in total. The molecular formula is C63H123NO9. The molecule has 1 aliphatic heterocycles. The number of amides is 1. The van der Waals surface area contributed by atoms with Crippen molar-refractivity contribution in [3.63, 3.8) is 0 Å². The molecule has 10 heteroatoms. The summed E-state index contributed by atoms with van der Waals surface area (Å²) < 4.78 is 11.2. The Morgan fingerprint density at radius 3 is 1.11 bits per heavy atom. The highest BCUT2D eigenvalue weighted by atomic mass is 16.7. The van der Waals surface area contributed by atoms with Gasteiger partial charge < -0.3 is 45.4 Å². The molecule has 1 amide bonds. The zero-order valence-corrected chi connectivity index (χ0v) is 48.0. The van der Waals surface area contributed by atoms with Crippen molar-refractivity contribution >= 4 is 5.91 Å². The highest BCUT2D eigenvalue weighted by Crippen LogP contribution is 2.24. The Kier molecular flexibility index (Phi) is 50.7. The number of hydrogen-bond donors (Lipinski definition) is 7. The van der Waals surface area contributed by atoms with E-state index in [1.54, 1.807) is 0 Å². The summed E-state index contributed by atoms with van der Waals surface area (Å²) in [5.41, 5.74) is 0. The summed E-state index contributed by atoms with van der Waals surface area (Å²) in [6.07, 6.45) is 55.9. The number of carbonyl (C=O) groups excluding carboxylic acids is 1. The number of rotatable bonds is 56. The average molecular weight is 1040 g/mol. The zero-order valence-electron chi connectivity index (χ0n) is 48.0. The molecule has 0 spiro atoms. The second-order valence-corrected chi connectivity index (χ2v) is 22.7. The molecule has 1 aliphatic rings. The van der Waals surface area contributed by atoms with E-state index in [-0.39, 0.29) is 6.61 Å². The van der Waals surface area contributed by atoms with Gasteiger partial charge in [-0.3, -0.25) is 4.79 Å². The third-order valence-corrected chi connectivity index (χ3v) is 15.7. The molecule has 8 unspecified atom stereocenters. The average Bonchev–Trinajstić information content (AvgIpc) is 3.39. The number of allylic oxidation sites excluding steroid dienone is 2. The molecule has 1 heterocycles. The maximum atomic E-state index is 13.2. The number of nitrogens with one attached hydrogen (secondary N) is 1. The quantitative estimate of drug-likeness (QED) is 0.0232. The van der Waals surface area contributed by atoms with Crippen LogP contribution in [-0.2, 0) is 14.3 Å². The van der Waals surface area contributed by atoms with Gasteiger partial charge in [-0.1, -0.05) is 296 Å². The van der Waals surface area contributed by atoms with Gasteiger partial charge in [-0.2, -0.15) is 0 Å². The molecule has 434 valence electrons. The number of ether oxygens (including phenoxy) is 2. The molecular weight excluding hydrogens is 915 g/mol. The van der Waals surface area contributed by atoms with E-state index in [1.807, 2.05) is 0 Å². The predicted molar refractivity (Wildman–Crippen MR) is 306 cm³/mol. The molecule has 73 heavy (non-hydrogen) atoms. The second-order valence-electron chi connectivity index (χ2n) is 22.7. The minimum atomic E-state index is -1.59. The van der Waals surface area contributed by atoms with E-state index in [0.717, 1.165) is 44.9 Å². The minimum absolute atomic E-state index is 0.251. The number of hydrogen-bond acceptors (Lipinski definition) is 9. The first-order valence-corrected chi connectivity index (χ1v) is 32.0. The maximum Gasteiger partial charge on any atom is 0.249 e. The van der Waals surface area contributed by atoms with Gasteiger partial charge in [0.2, 0.25) is 5.91 Å². The summed E-state index contributed by atoms with van der Waals surface area (Å²) in [5.74, 6) is -0.578. The first kappa shape index (κ1) is 69.9. The van der Waals surface area contributed by atoms with E-state index >= 15 is 0 Å². The highest BCUT2D eigenvalue weighted by Gasteiger charge is 2.44. The van der Waals surface area contributed by atoms with Crippen LogP contribution in [-0.4, -0.2) is 98.7 Å². The van der Waals surface area contributed by atoms with Gasteiger partial charge in [0.15, 0.2) is 6.29 Å². The number of aliphatic hydroxyl groups excluding tert-OH is 6. The van der Waals surface area contributed by atoms with Gasteiger partial charge >= 0.3 is 0 Å². The molecule has 0 radical (unpaired) electrons. The third kappa shape index (κ3) is 41.6. The van der Waals surface area contributed by atoms with Gasteiger partial charge in [-0.25, -0.2) is 0 Å². The molecule has 0 saturated carbocycles. The molecule has 0 aromatic heterocycles. The lowest BCUT2D eigenvalue weighted by Crippen LogP contribution is -2.60. The molecule has 1 saturated heterocycles. The molecule has 1 fully saturated rings. The largest absolute Gasteiger partial charge is 0.394 e. The van der Waals surface area contributed by atoms with Crippen LogP contribution in [0.2, 0.25) is 0 Å². The first-order valence-electron chi connectivity index (χ1n) is 32.0. The fourth-order valence-corrected chi connectivity index (χ4v) is 10.6. The van der Waals surface area contributed by atoms with Crippen LogP contribution in [0.5, 0.6) is 0 Å². The van der Waals surface area contributed by atoms with E-state index < -0.39 is 61.5 Å². The van der Waals surface area contributed by atoms with Crippen molar-refractivity contribution in [1.82, 2.24) is 5.32 Å². The van der Waals surface area contributed by atoms with Crippen LogP contribution >= 0.6 is 0 Å². The molecule has 0 aliphatic carbocycles. The molecule has 0 aromatic rings. The number of aliphatic hydroxyl groups is 6. The molecule has 1 rings (SSSR count). The second kappa shape index (κ2) is 52.9. The van der Waals surface area contributed by atoms with Gasteiger partial charge in [0.05, 0.1) is 25.4 Å². The molecule has 8 atom stereocenters. The third-order valence-electron chi connectivity index (χ3n) is 15.7. The Bertz CT molecular complexity index is 1170. The number of carbonyl (C=O) groups is 1. The van der Waals surface area contributed by atoms with Crippen LogP contribution in [0.15, 0.2) is 12.2 Å². The van der Waals surface area contributed by atoms with Crippen molar-refractivity contribution in [2.75, 3.05) is 13.2 Å². The lowest BCUT2D eigenvalue weighted by Gasteiger charge is -2.40. The predicted octanol–water partition coefficient (Wildman–Crippen LogP) is 15.3. The monoisotopic (exact) mass is 1040 g/mol. The van der Waals surface area contributed by atoms with E-state index in [0.29, 0.717) is 12.8 Å². The summed E-state index contributed by atoms with van der Waals surface area (Å²) in [4.78, 5) is 13.2. The Hall–Kier alpha value is -1.11. The summed E-state index contributed by atoms with van der Waals surface area (Å²) in [6, 6.07) is -0.891. The lowest BCUT2D eigenvalue weighted by atomic mass is 9.99. The van der Waals surface area contributed by atoms with Crippen molar-refractivity contribution in [2.45, 2.75) is 371 Å². The van der Waals surface area contributed by atoms with Gasteiger partial charge in [0.1, 0.15) is 30.5 Å². The zero-order chi connectivity index (χ0) is 53.1. The van der Waals surface area contributed by atoms with Gasteiger partial charge in [0.25, 0.3) is 0 Å². The van der Waals surface area contributed by atoms with Crippen molar-refractivity contribution in [2.24, 2.45) is 0 Å². The van der Waals surface area contributed by atoms with E-state index in [4.69, 9.17) is 9.47 Å². The van der Waals surface area contributed by atoms with Gasteiger partial charge in [0, 0.05) is 0 Å². The normalized spacial score (nSPS) is 19.5. The van der Waals surface area contributed by atoms with Crippen molar-refractivity contribution in [3.05, 3.63) is 12.2 Å². The summed E-state index contributed by atoms with van der Waals surface area (Å²) in [5, 5.41) is 65.2. The fraction of sp³-hybridized carbons (Fsp3) is 0.952. The molecule has 7 N–H and O–H groups in total. The van der Waals surface area contributed by atoms with Crippen LogP contribution < -0.4 is 5.32 Å². The van der Waals surface area contributed by atoms with Crippen molar-refractivity contribution < 1.29 is 44.9 Å². The fourth-order valence-electron chi connectivity index (χ4n) is 10.6. The topological polar surface area (TPSA) is 169 Å².